The largest absolute Gasteiger partial charge is 0.392 e. The number of aliphatic hydroxyl groups is 1. The molecule has 78 valence electrons. The third-order valence-electron chi connectivity index (χ3n) is 1.72. The zero-order chi connectivity index (χ0) is 10.7. The molecule has 6 nitrogen and oxygen atoms in total. The van der Waals surface area contributed by atoms with Crippen LogP contribution in [-0.2, 0) is 13.7 Å². The van der Waals surface area contributed by atoms with E-state index in [2.05, 4.69) is 20.2 Å². The second kappa shape index (κ2) is 4.37. The molecule has 2 aromatic heterocycles. The van der Waals surface area contributed by atoms with Gasteiger partial charge >= 0.3 is 0 Å². The molecule has 1 N–H and O–H groups in total. The van der Waals surface area contributed by atoms with Crippen molar-refractivity contribution >= 4 is 11.8 Å². The molecule has 0 aliphatic rings. The van der Waals surface area contributed by atoms with Crippen LogP contribution in [0.25, 0.3) is 0 Å². The van der Waals surface area contributed by atoms with E-state index in [9.17, 15) is 0 Å². The first kappa shape index (κ1) is 10.1. The Morgan fingerprint density at radius 3 is 2.67 bits per heavy atom. The molecule has 0 aliphatic carbocycles. The van der Waals surface area contributed by atoms with Crippen molar-refractivity contribution in [1.29, 1.82) is 0 Å². The summed E-state index contributed by atoms with van der Waals surface area (Å²) in [6.07, 6.45) is 4.79. The number of hydrogen-bond donors (Lipinski definition) is 1. The van der Waals surface area contributed by atoms with Gasteiger partial charge in [0.2, 0.25) is 0 Å². The van der Waals surface area contributed by atoms with Gasteiger partial charge in [-0.05, 0) is 11.8 Å². The van der Waals surface area contributed by atoms with Crippen molar-refractivity contribution in [3.05, 3.63) is 24.3 Å². The average molecular weight is 223 g/mol. The van der Waals surface area contributed by atoms with Gasteiger partial charge in [-0.3, -0.25) is 0 Å². The summed E-state index contributed by atoms with van der Waals surface area (Å²) in [6, 6.07) is 0. The summed E-state index contributed by atoms with van der Waals surface area (Å²) in [7, 11) is 1.85. The van der Waals surface area contributed by atoms with E-state index in [4.69, 9.17) is 5.11 Å². The number of rotatable bonds is 3. The highest BCUT2D eigenvalue weighted by molar-refractivity contribution is 7.99. The van der Waals surface area contributed by atoms with Crippen LogP contribution in [0.4, 0.5) is 0 Å². The van der Waals surface area contributed by atoms with Crippen LogP contribution >= 0.6 is 11.8 Å². The molecule has 0 saturated heterocycles. The second-order valence-corrected chi connectivity index (χ2v) is 3.79. The molecule has 0 aromatic carbocycles. The number of aryl methyl sites for hydroxylation is 1. The van der Waals surface area contributed by atoms with Gasteiger partial charge in [-0.2, -0.15) is 0 Å². The van der Waals surface area contributed by atoms with Crippen molar-refractivity contribution in [2.24, 2.45) is 7.05 Å². The fourth-order valence-electron chi connectivity index (χ4n) is 0.924. The van der Waals surface area contributed by atoms with Crippen molar-refractivity contribution < 1.29 is 5.11 Å². The minimum absolute atomic E-state index is 0.0467. The molecule has 0 saturated carbocycles. The summed E-state index contributed by atoms with van der Waals surface area (Å²) in [4.78, 5) is 8.15. The monoisotopic (exact) mass is 223 g/mol. The Bertz CT molecular complexity index is 441. The lowest BCUT2D eigenvalue weighted by atomic mass is 10.4. The highest BCUT2D eigenvalue weighted by atomic mass is 32.2. The normalized spacial score (nSPS) is 10.5. The first-order valence-corrected chi connectivity index (χ1v) is 5.05. The summed E-state index contributed by atoms with van der Waals surface area (Å²) in [5, 5.41) is 17.8. The van der Waals surface area contributed by atoms with E-state index in [1.54, 1.807) is 23.3 Å². The number of hydrogen-bond acceptors (Lipinski definition) is 6. The molecular weight excluding hydrogens is 214 g/mol. The highest BCUT2D eigenvalue weighted by Crippen LogP contribution is 2.20. The lowest BCUT2D eigenvalue weighted by Crippen LogP contribution is -1.93. The van der Waals surface area contributed by atoms with E-state index in [1.807, 2.05) is 7.05 Å². The van der Waals surface area contributed by atoms with Crippen molar-refractivity contribution in [1.82, 2.24) is 24.7 Å². The van der Waals surface area contributed by atoms with Crippen LogP contribution in [0.1, 0.15) is 5.56 Å². The van der Waals surface area contributed by atoms with Crippen molar-refractivity contribution in [2.45, 2.75) is 16.9 Å². The van der Waals surface area contributed by atoms with E-state index in [0.717, 1.165) is 5.16 Å². The standard InChI is InChI=1S/C8H9N5OS/c1-13-5-11-12-8(13)15-7-9-2-6(4-14)3-10-7/h2-3,5,14H,4H2,1H3. The van der Waals surface area contributed by atoms with Gasteiger partial charge in [0, 0.05) is 25.0 Å². The zero-order valence-corrected chi connectivity index (χ0v) is 8.85. The predicted molar refractivity (Wildman–Crippen MR) is 53.1 cm³/mol. The Balaban J connectivity index is 2.14. The molecule has 0 bridgehead atoms. The molecule has 15 heavy (non-hydrogen) atoms. The summed E-state index contributed by atoms with van der Waals surface area (Å²) < 4.78 is 1.79. The Morgan fingerprint density at radius 1 is 1.40 bits per heavy atom. The van der Waals surface area contributed by atoms with Gasteiger partial charge < -0.3 is 9.67 Å². The zero-order valence-electron chi connectivity index (χ0n) is 8.03. The Labute approximate surface area is 90.4 Å². The second-order valence-electron chi connectivity index (χ2n) is 2.86. The minimum atomic E-state index is -0.0467. The molecular formula is C8H9N5OS. The summed E-state index contributed by atoms with van der Waals surface area (Å²) in [5.41, 5.74) is 0.692. The van der Waals surface area contributed by atoms with Crippen molar-refractivity contribution in [2.75, 3.05) is 0 Å². The average Bonchev–Trinajstić information content (AvgIpc) is 2.66. The van der Waals surface area contributed by atoms with Gasteiger partial charge in [-0.25, -0.2) is 9.97 Å². The minimum Gasteiger partial charge on any atom is -0.392 e. The first-order valence-electron chi connectivity index (χ1n) is 4.23. The number of aliphatic hydroxyl groups excluding tert-OH is 1. The van der Waals surface area contributed by atoms with E-state index >= 15 is 0 Å². The Morgan fingerprint density at radius 2 is 2.13 bits per heavy atom. The molecule has 0 atom stereocenters. The molecule has 0 unspecified atom stereocenters. The molecule has 0 radical (unpaired) electrons. The molecule has 7 heteroatoms. The fraction of sp³-hybridized carbons (Fsp3) is 0.250. The molecule has 2 rings (SSSR count). The maximum atomic E-state index is 8.82. The maximum Gasteiger partial charge on any atom is 0.198 e. The lowest BCUT2D eigenvalue weighted by Gasteiger charge is -1.99. The predicted octanol–water partition coefficient (Wildman–Crippen LogP) is 0.249. The molecule has 0 amide bonds. The Hall–Kier alpha value is -1.47. The Kier molecular flexibility index (Phi) is 2.93. The lowest BCUT2D eigenvalue weighted by molar-refractivity contribution is 0.280. The van der Waals surface area contributed by atoms with Gasteiger partial charge in [-0.1, -0.05) is 0 Å². The number of nitrogens with zero attached hydrogens (tertiary/aromatic N) is 5. The number of aromatic nitrogens is 5. The van der Waals surface area contributed by atoms with Crippen molar-refractivity contribution in [3.8, 4) is 0 Å². The molecule has 0 aliphatic heterocycles. The van der Waals surface area contributed by atoms with E-state index in [0.29, 0.717) is 10.7 Å². The van der Waals surface area contributed by atoms with E-state index in [1.165, 1.54) is 11.8 Å². The van der Waals surface area contributed by atoms with Crippen LogP contribution in [0, 0.1) is 0 Å². The maximum absolute atomic E-state index is 8.82. The van der Waals surface area contributed by atoms with Crippen LogP contribution in [0.3, 0.4) is 0 Å². The first-order chi connectivity index (χ1) is 7.29. The topological polar surface area (TPSA) is 76.7 Å². The van der Waals surface area contributed by atoms with E-state index in [-0.39, 0.29) is 6.61 Å². The molecule has 2 heterocycles. The van der Waals surface area contributed by atoms with Crippen LogP contribution in [0.5, 0.6) is 0 Å². The van der Waals surface area contributed by atoms with E-state index < -0.39 is 0 Å². The third kappa shape index (κ3) is 2.31. The van der Waals surface area contributed by atoms with Gasteiger partial charge in [0.05, 0.1) is 6.61 Å². The molecule has 0 fully saturated rings. The van der Waals surface area contributed by atoms with Crippen molar-refractivity contribution in [3.63, 3.8) is 0 Å². The van der Waals surface area contributed by atoms with Gasteiger partial charge in [-0.15, -0.1) is 10.2 Å². The van der Waals surface area contributed by atoms with Gasteiger partial charge in [0.15, 0.2) is 10.3 Å². The quantitative estimate of drug-likeness (QED) is 0.751. The van der Waals surface area contributed by atoms with Crippen LogP contribution < -0.4 is 0 Å². The van der Waals surface area contributed by atoms with Crippen LogP contribution in [0.15, 0.2) is 29.0 Å². The third-order valence-corrected chi connectivity index (χ3v) is 2.66. The highest BCUT2D eigenvalue weighted by Gasteiger charge is 2.05. The summed E-state index contributed by atoms with van der Waals surface area (Å²) in [6.45, 7) is -0.0467. The van der Waals surface area contributed by atoms with Gasteiger partial charge in [0.25, 0.3) is 0 Å². The SMILES string of the molecule is Cn1cnnc1Sc1ncc(CO)cn1. The summed E-state index contributed by atoms with van der Waals surface area (Å²) in [5.74, 6) is 0. The van der Waals surface area contributed by atoms with Crippen LogP contribution in [0.2, 0.25) is 0 Å². The van der Waals surface area contributed by atoms with Gasteiger partial charge in [0.1, 0.15) is 6.33 Å². The smallest absolute Gasteiger partial charge is 0.198 e. The summed E-state index contributed by atoms with van der Waals surface area (Å²) >= 11 is 1.33. The molecule has 2 aromatic rings. The van der Waals surface area contributed by atoms with Crippen LogP contribution in [-0.4, -0.2) is 29.8 Å². The fourth-order valence-corrected chi connectivity index (χ4v) is 1.58. The molecule has 0 spiro atoms.